The Labute approximate surface area is 196 Å². The molecular weight excluding hydrogens is 451 g/mol. The fourth-order valence-electron chi connectivity index (χ4n) is 3.49. The van der Waals surface area contributed by atoms with Gasteiger partial charge in [-0.05, 0) is 56.7 Å². The molecule has 3 rings (SSSR count). The number of carboxylic acids is 1. The van der Waals surface area contributed by atoms with Crippen LogP contribution >= 0.6 is 11.6 Å². The van der Waals surface area contributed by atoms with Crippen LogP contribution in [-0.2, 0) is 14.3 Å². The first-order valence-electron chi connectivity index (χ1n) is 10.1. The van der Waals surface area contributed by atoms with Crippen molar-refractivity contribution in [1.82, 2.24) is 4.90 Å². The number of ether oxygens (including phenoxy) is 1. The molecule has 0 aromatic heterocycles. The average Bonchev–Trinajstić information content (AvgIpc) is 2.82. The predicted octanol–water partition coefficient (Wildman–Crippen LogP) is 4.58. The second-order valence-corrected chi connectivity index (χ2v) is 9.01. The molecule has 1 heterocycles. The van der Waals surface area contributed by atoms with Crippen LogP contribution < -0.4 is 4.90 Å². The van der Waals surface area contributed by atoms with Gasteiger partial charge in [-0.15, -0.1) is 0 Å². The number of aliphatic carboxylic acids is 1. The van der Waals surface area contributed by atoms with Crippen LogP contribution in [0.4, 0.5) is 14.9 Å². The topological polar surface area (TPSA) is 87.2 Å². The summed E-state index contributed by atoms with van der Waals surface area (Å²) in [5, 5.41) is 9.78. The van der Waals surface area contributed by atoms with Crippen molar-refractivity contribution in [3.05, 3.63) is 70.5 Å². The molecule has 0 fully saturated rings. The molecule has 33 heavy (non-hydrogen) atoms. The van der Waals surface area contributed by atoms with Crippen LogP contribution in [0.2, 0.25) is 5.02 Å². The molecule has 174 valence electrons. The SMILES string of the molecule is CN(C(=O)OC(C)(C)C)C1C=C(c2ccccc2F)c2cc(Cl)ccc2N(CC(=O)O)C1=O. The molecule has 1 aliphatic heterocycles. The molecule has 0 aliphatic carbocycles. The van der Waals surface area contributed by atoms with E-state index >= 15 is 0 Å². The van der Waals surface area contributed by atoms with Crippen molar-refractivity contribution in [2.45, 2.75) is 32.4 Å². The number of anilines is 1. The Morgan fingerprint density at radius 1 is 1.18 bits per heavy atom. The van der Waals surface area contributed by atoms with Crippen molar-refractivity contribution in [3.8, 4) is 0 Å². The maximum absolute atomic E-state index is 14.8. The normalized spacial score (nSPS) is 15.9. The van der Waals surface area contributed by atoms with Crippen LogP contribution in [0.15, 0.2) is 48.5 Å². The van der Waals surface area contributed by atoms with Crippen LogP contribution in [0, 0.1) is 5.82 Å². The summed E-state index contributed by atoms with van der Waals surface area (Å²) in [7, 11) is 1.37. The fourth-order valence-corrected chi connectivity index (χ4v) is 3.67. The molecular formula is C24H24ClFN2O5. The summed E-state index contributed by atoms with van der Waals surface area (Å²) in [5.41, 5.74) is 0.249. The van der Waals surface area contributed by atoms with Crippen molar-refractivity contribution in [1.29, 1.82) is 0 Å². The maximum atomic E-state index is 14.8. The Hall–Kier alpha value is -3.39. The van der Waals surface area contributed by atoms with Gasteiger partial charge >= 0.3 is 12.1 Å². The van der Waals surface area contributed by atoms with Crippen molar-refractivity contribution in [3.63, 3.8) is 0 Å². The summed E-state index contributed by atoms with van der Waals surface area (Å²) in [5.74, 6) is -2.48. The number of likely N-dealkylation sites (N-methyl/N-ethyl adjacent to an activating group) is 1. The third kappa shape index (κ3) is 5.34. The zero-order valence-electron chi connectivity index (χ0n) is 18.6. The molecule has 0 bridgehead atoms. The van der Waals surface area contributed by atoms with Gasteiger partial charge in [-0.3, -0.25) is 19.4 Å². The summed E-state index contributed by atoms with van der Waals surface area (Å²) < 4.78 is 20.2. The van der Waals surface area contributed by atoms with E-state index in [1.807, 2.05) is 0 Å². The molecule has 9 heteroatoms. The Bertz CT molecular complexity index is 1140. The quantitative estimate of drug-likeness (QED) is 0.701. The number of benzene rings is 2. The zero-order valence-corrected chi connectivity index (χ0v) is 19.4. The number of nitrogens with zero attached hydrogens (tertiary/aromatic N) is 2. The summed E-state index contributed by atoms with van der Waals surface area (Å²) in [6.45, 7) is 4.39. The van der Waals surface area contributed by atoms with E-state index in [1.54, 1.807) is 26.8 Å². The van der Waals surface area contributed by atoms with Gasteiger partial charge in [0.05, 0.1) is 5.69 Å². The van der Waals surface area contributed by atoms with E-state index < -0.39 is 42.0 Å². The molecule has 1 unspecified atom stereocenters. The Balaban J connectivity index is 2.25. The van der Waals surface area contributed by atoms with Gasteiger partial charge in [0.1, 0.15) is 24.0 Å². The van der Waals surface area contributed by atoms with Crippen LogP contribution in [0.25, 0.3) is 5.57 Å². The lowest BCUT2D eigenvalue weighted by atomic mass is 9.95. The number of halogens is 2. The first-order chi connectivity index (χ1) is 15.4. The monoisotopic (exact) mass is 474 g/mol. The Morgan fingerprint density at radius 2 is 1.85 bits per heavy atom. The predicted molar refractivity (Wildman–Crippen MR) is 123 cm³/mol. The number of hydrogen-bond acceptors (Lipinski definition) is 4. The van der Waals surface area contributed by atoms with Crippen LogP contribution in [0.5, 0.6) is 0 Å². The molecule has 1 N–H and O–H groups in total. The fraction of sp³-hybridized carbons (Fsp3) is 0.292. The maximum Gasteiger partial charge on any atom is 0.410 e. The van der Waals surface area contributed by atoms with Gasteiger partial charge in [0.25, 0.3) is 5.91 Å². The van der Waals surface area contributed by atoms with E-state index in [9.17, 15) is 23.9 Å². The van der Waals surface area contributed by atoms with Crippen molar-refractivity contribution in [2.24, 2.45) is 0 Å². The molecule has 2 aromatic carbocycles. The first-order valence-corrected chi connectivity index (χ1v) is 10.5. The standard InChI is InChI=1S/C24H24ClFN2O5/c1-24(2,3)33-23(32)27(4)20-12-16(15-7-5-6-8-18(15)26)17-11-14(25)9-10-19(17)28(22(20)31)13-21(29)30/h5-12,20H,13H2,1-4H3,(H,29,30). The molecule has 1 atom stereocenters. The van der Waals surface area contributed by atoms with Crippen molar-refractivity contribution in [2.75, 3.05) is 18.5 Å². The van der Waals surface area contributed by atoms with Gasteiger partial charge in [0.2, 0.25) is 0 Å². The minimum Gasteiger partial charge on any atom is -0.480 e. The lowest BCUT2D eigenvalue weighted by Gasteiger charge is -2.31. The van der Waals surface area contributed by atoms with Gasteiger partial charge in [-0.1, -0.05) is 29.8 Å². The smallest absolute Gasteiger partial charge is 0.410 e. The third-order valence-electron chi connectivity index (χ3n) is 4.94. The van der Waals surface area contributed by atoms with E-state index in [2.05, 4.69) is 0 Å². The van der Waals surface area contributed by atoms with Gasteiger partial charge in [-0.2, -0.15) is 0 Å². The summed E-state index contributed by atoms with van der Waals surface area (Å²) >= 11 is 6.21. The molecule has 0 saturated carbocycles. The van der Waals surface area contributed by atoms with Crippen LogP contribution in [0.3, 0.4) is 0 Å². The average molecular weight is 475 g/mol. The lowest BCUT2D eigenvalue weighted by molar-refractivity contribution is -0.137. The number of carbonyl (C=O) groups is 3. The lowest BCUT2D eigenvalue weighted by Crippen LogP contribution is -2.50. The highest BCUT2D eigenvalue weighted by atomic mass is 35.5. The molecule has 7 nitrogen and oxygen atoms in total. The second-order valence-electron chi connectivity index (χ2n) is 8.58. The summed E-state index contributed by atoms with van der Waals surface area (Å²) in [6.07, 6.45) is 0.644. The van der Waals surface area contributed by atoms with Crippen molar-refractivity contribution >= 4 is 40.8 Å². The highest BCUT2D eigenvalue weighted by Gasteiger charge is 2.37. The van der Waals surface area contributed by atoms with Crippen molar-refractivity contribution < 1.29 is 28.6 Å². The third-order valence-corrected chi connectivity index (χ3v) is 5.17. The van der Waals surface area contributed by atoms with E-state index in [0.717, 1.165) is 9.80 Å². The zero-order chi connectivity index (χ0) is 24.5. The van der Waals surface area contributed by atoms with E-state index in [1.165, 1.54) is 49.5 Å². The number of carbonyl (C=O) groups excluding carboxylic acids is 2. The second kappa shape index (κ2) is 9.23. The minimum atomic E-state index is -1.26. The van der Waals surface area contributed by atoms with Gasteiger partial charge in [-0.25, -0.2) is 9.18 Å². The minimum absolute atomic E-state index is 0.175. The molecule has 2 amide bonds. The van der Waals surface area contributed by atoms with Gasteiger partial charge in [0, 0.05) is 23.2 Å². The Kier molecular flexibility index (Phi) is 6.78. The Morgan fingerprint density at radius 3 is 2.45 bits per heavy atom. The molecule has 0 radical (unpaired) electrons. The van der Waals surface area contributed by atoms with Gasteiger partial charge in [0.15, 0.2) is 0 Å². The largest absolute Gasteiger partial charge is 0.480 e. The number of fused-ring (bicyclic) bond motifs is 1. The molecule has 0 spiro atoms. The van der Waals surface area contributed by atoms with E-state index in [0.29, 0.717) is 16.2 Å². The van der Waals surface area contributed by atoms with Gasteiger partial charge < -0.3 is 9.84 Å². The molecule has 1 aliphatic rings. The molecule has 2 aromatic rings. The van der Waals surface area contributed by atoms with Crippen LogP contribution in [0.1, 0.15) is 31.9 Å². The van der Waals surface area contributed by atoms with E-state index in [4.69, 9.17) is 16.3 Å². The number of hydrogen-bond donors (Lipinski definition) is 1. The first kappa shape index (κ1) is 24.3. The van der Waals surface area contributed by atoms with E-state index in [-0.39, 0.29) is 11.3 Å². The number of carboxylic acid groups (broad SMARTS) is 1. The summed E-state index contributed by atoms with van der Waals surface area (Å²) in [6, 6.07) is 9.26. The summed E-state index contributed by atoms with van der Waals surface area (Å²) in [4.78, 5) is 40.0. The number of amides is 2. The highest BCUT2D eigenvalue weighted by molar-refractivity contribution is 6.31. The molecule has 0 saturated heterocycles. The number of rotatable bonds is 4. The van der Waals surface area contributed by atoms with Crippen LogP contribution in [-0.4, -0.2) is 53.2 Å². The highest BCUT2D eigenvalue weighted by Crippen LogP contribution is 2.38.